The molecule has 0 aliphatic carbocycles. The summed E-state index contributed by atoms with van der Waals surface area (Å²) in [5.74, 6) is 1.04. The molecule has 2 aromatic rings. The van der Waals surface area contributed by atoms with Gasteiger partial charge in [-0.2, -0.15) is 0 Å². The van der Waals surface area contributed by atoms with E-state index in [-0.39, 0.29) is 35.9 Å². The Morgan fingerprint density at radius 3 is 2.57 bits per heavy atom. The third-order valence-corrected chi connectivity index (χ3v) is 5.23. The van der Waals surface area contributed by atoms with Crippen molar-refractivity contribution < 1.29 is 4.79 Å². The van der Waals surface area contributed by atoms with Crippen molar-refractivity contribution in [2.24, 2.45) is 4.99 Å². The van der Waals surface area contributed by atoms with Gasteiger partial charge in [0, 0.05) is 32.1 Å². The van der Waals surface area contributed by atoms with E-state index < -0.39 is 0 Å². The van der Waals surface area contributed by atoms with Crippen molar-refractivity contribution in [2.45, 2.75) is 46.2 Å². The molecule has 0 radical (unpaired) electrons. The lowest BCUT2D eigenvalue weighted by atomic mass is 10.0. The van der Waals surface area contributed by atoms with E-state index in [9.17, 15) is 4.79 Å². The monoisotopic (exact) mass is 520 g/mol. The summed E-state index contributed by atoms with van der Waals surface area (Å²) in [6.07, 6.45) is 1.52. The summed E-state index contributed by atoms with van der Waals surface area (Å²) in [6.45, 7) is 9.09. The first-order valence-electron chi connectivity index (χ1n) is 10.6. The fraction of sp³-hybridized carbons (Fsp3) is 0.417. The van der Waals surface area contributed by atoms with Gasteiger partial charge in [-0.15, -0.1) is 24.0 Å². The Morgan fingerprint density at radius 1 is 1.13 bits per heavy atom. The van der Waals surface area contributed by atoms with Crippen molar-refractivity contribution in [3.8, 4) is 11.1 Å². The van der Waals surface area contributed by atoms with Crippen LogP contribution in [0, 0.1) is 6.92 Å². The molecule has 0 aromatic heterocycles. The van der Waals surface area contributed by atoms with Gasteiger partial charge >= 0.3 is 0 Å². The number of benzene rings is 2. The molecule has 0 saturated carbocycles. The number of likely N-dealkylation sites (tertiary alicyclic amines) is 1. The van der Waals surface area contributed by atoms with E-state index in [2.05, 4.69) is 73.0 Å². The van der Waals surface area contributed by atoms with Crippen LogP contribution in [-0.4, -0.2) is 42.4 Å². The summed E-state index contributed by atoms with van der Waals surface area (Å²) in [5.41, 5.74) is 4.88. The number of hydrogen-bond donors (Lipinski definition) is 2. The molecule has 2 N–H and O–H groups in total. The van der Waals surface area contributed by atoms with Gasteiger partial charge in [-0.05, 0) is 43.0 Å². The number of carbonyl (C=O) groups is 1. The first-order chi connectivity index (χ1) is 14.1. The molecule has 1 saturated heterocycles. The summed E-state index contributed by atoms with van der Waals surface area (Å²) in [7, 11) is 0. The average Bonchev–Trinajstić information content (AvgIpc) is 3.20. The van der Waals surface area contributed by atoms with Gasteiger partial charge in [-0.1, -0.05) is 55.0 Å². The molecular weight excluding hydrogens is 487 g/mol. The molecule has 2 aromatic carbocycles. The number of aryl methyl sites for hydroxylation is 1. The van der Waals surface area contributed by atoms with Gasteiger partial charge < -0.3 is 15.5 Å². The second kappa shape index (κ2) is 11.9. The number of halogens is 1. The maximum Gasteiger partial charge on any atom is 0.222 e. The van der Waals surface area contributed by atoms with Crippen LogP contribution in [0.25, 0.3) is 11.1 Å². The van der Waals surface area contributed by atoms with E-state index in [4.69, 9.17) is 4.99 Å². The zero-order valence-electron chi connectivity index (χ0n) is 18.1. The van der Waals surface area contributed by atoms with Gasteiger partial charge in [0.1, 0.15) is 0 Å². The van der Waals surface area contributed by atoms with Gasteiger partial charge in [0.15, 0.2) is 5.96 Å². The van der Waals surface area contributed by atoms with Crippen molar-refractivity contribution in [2.75, 3.05) is 19.6 Å². The molecule has 0 spiro atoms. The van der Waals surface area contributed by atoms with Crippen LogP contribution in [0.5, 0.6) is 0 Å². The molecule has 6 heteroatoms. The van der Waals surface area contributed by atoms with Crippen LogP contribution < -0.4 is 10.6 Å². The van der Waals surface area contributed by atoms with E-state index in [1.807, 2.05) is 11.8 Å². The van der Waals surface area contributed by atoms with Gasteiger partial charge in [-0.25, -0.2) is 4.99 Å². The summed E-state index contributed by atoms with van der Waals surface area (Å²) >= 11 is 0. The Bertz CT molecular complexity index is 868. The van der Waals surface area contributed by atoms with Crippen molar-refractivity contribution in [3.05, 3.63) is 59.7 Å². The fourth-order valence-corrected chi connectivity index (χ4v) is 3.69. The van der Waals surface area contributed by atoms with Crippen LogP contribution in [0.4, 0.5) is 0 Å². The Balaban J connectivity index is 0.00000320. The highest BCUT2D eigenvalue weighted by atomic mass is 127. The summed E-state index contributed by atoms with van der Waals surface area (Å²) in [6, 6.07) is 17.4. The van der Waals surface area contributed by atoms with Crippen molar-refractivity contribution in [3.63, 3.8) is 0 Å². The molecule has 1 atom stereocenters. The molecule has 1 aliphatic rings. The third kappa shape index (κ3) is 6.72. The van der Waals surface area contributed by atoms with Crippen LogP contribution in [0.1, 0.15) is 37.8 Å². The summed E-state index contributed by atoms with van der Waals surface area (Å²) in [5, 5.41) is 6.82. The number of amides is 1. The number of aliphatic imine (C=N–C) groups is 1. The second-order valence-electron chi connectivity index (χ2n) is 7.59. The Morgan fingerprint density at radius 2 is 1.87 bits per heavy atom. The minimum atomic E-state index is 0. The van der Waals surface area contributed by atoms with Crippen LogP contribution in [0.2, 0.25) is 0 Å². The SMILES string of the molecule is CCNC(=NCc1cccc(-c2cccc(C)c2)c1)NC1CCN(C(=O)CC)C1.I. The number of nitrogens with one attached hydrogen (secondary N) is 2. The lowest BCUT2D eigenvalue weighted by Gasteiger charge is -2.18. The Hall–Kier alpha value is -2.09. The number of guanidine groups is 1. The lowest BCUT2D eigenvalue weighted by molar-refractivity contribution is -0.129. The van der Waals surface area contributed by atoms with E-state index in [0.717, 1.165) is 32.0 Å². The quantitative estimate of drug-likeness (QED) is 0.339. The molecule has 162 valence electrons. The van der Waals surface area contributed by atoms with Gasteiger partial charge in [-0.3, -0.25) is 4.79 Å². The Kier molecular flexibility index (Phi) is 9.62. The average molecular weight is 520 g/mol. The summed E-state index contributed by atoms with van der Waals surface area (Å²) < 4.78 is 0. The maximum atomic E-state index is 11.9. The number of rotatable bonds is 6. The molecule has 0 bridgehead atoms. The number of carbonyl (C=O) groups excluding carboxylic acids is 1. The molecule has 1 heterocycles. The molecule has 1 fully saturated rings. The van der Waals surface area contributed by atoms with Crippen molar-refractivity contribution in [1.82, 2.24) is 15.5 Å². The predicted octanol–water partition coefficient (Wildman–Crippen LogP) is 4.35. The van der Waals surface area contributed by atoms with Crippen molar-refractivity contribution >= 4 is 35.8 Å². The lowest BCUT2D eigenvalue weighted by Crippen LogP contribution is -2.45. The molecule has 5 nitrogen and oxygen atoms in total. The van der Waals surface area contributed by atoms with E-state index in [1.165, 1.54) is 22.3 Å². The zero-order chi connectivity index (χ0) is 20.6. The van der Waals surface area contributed by atoms with Crippen LogP contribution in [-0.2, 0) is 11.3 Å². The minimum Gasteiger partial charge on any atom is -0.357 e. The number of nitrogens with zero attached hydrogens (tertiary/aromatic N) is 2. The highest BCUT2D eigenvalue weighted by Crippen LogP contribution is 2.21. The van der Waals surface area contributed by atoms with Gasteiger partial charge in [0.05, 0.1) is 6.54 Å². The standard InChI is InChI=1S/C24H32N4O.HI/c1-4-23(29)28-13-12-22(17-28)27-24(25-5-2)26-16-19-9-7-11-21(15-19)20-10-6-8-18(3)14-20;/h6-11,14-15,22H,4-5,12-13,16-17H2,1-3H3,(H2,25,26,27);1H. The van der Waals surface area contributed by atoms with E-state index in [1.54, 1.807) is 0 Å². The van der Waals surface area contributed by atoms with E-state index in [0.29, 0.717) is 13.0 Å². The van der Waals surface area contributed by atoms with Crippen LogP contribution in [0.15, 0.2) is 53.5 Å². The third-order valence-electron chi connectivity index (χ3n) is 5.23. The fourth-order valence-electron chi connectivity index (χ4n) is 3.69. The predicted molar refractivity (Wildman–Crippen MR) is 135 cm³/mol. The van der Waals surface area contributed by atoms with Crippen LogP contribution in [0.3, 0.4) is 0 Å². The van der Waals surface area contributed by atoms with E-state index >= 15 is 0 Å². The molecule has 1 unspecified atom stereocenters. The molecule has 3 rings (SSSR count). The van der Waals surface area contributed by atoms with Crippen molar-refractivity contribution in [1.29, 1.82) is 0 Å². The molecule has 1 amide bonds. The highest BCUT2D eigenvalue weighted by molar-refractivity contribution is 14.0. The molecular formula is C24H33IN4O. The van der Waals surface area contributed by atoms with Gasteiger partial charge in [0.2, 0.25) is 5.91 Å². The van der Waals surface area contributed by atoms with Gasteiger partial charge in [0.25, 0.3) is 0 Å². The normalized spacial score (nSPS) is 16.2. The number of hydrogen-bond acceptors (Lipinski definition) is 2. The summed E-state index contributed by atoms with van der Waals surface area (Å²) in [4.78, 5) is 18.6. The van der Waals surface area contributed by atoms with Crippen LogP contribution >= 0.6 is 24.0 Å². The second-order valence-corrected chi connectivity index (χ2v) is 7.59. The molecule has 30 heavy (non-hydrogen) atoms. The smallest absolute Gasteiger partial charge is 0.222 e. The minimum absolute atomic E-state index is 0. The first kappa shape index (κ1) is 24.2. The maximum absolute atomic E-state index is 11.9. The highest BCUT2D eigenvalue weighted by Gasteiger charge is 2.25. The first-order valence-corrected chi connectivity index (χ1v) is 10.6. The molecule has 1 aliphatic heterocycles. The Labute approximate surface area is 197 Å². The zero-order valence-corrected chi connectivity index (χ0v) is 20.5. The largest absolute Gasteiger partial charge is 0.357 e. The topological polar surface area (TPSA) is 56.7 Å².